The van der Waals surface area contributed by atoms with E-state index in [2.05, 4.69) is 15.3 Å². The third-order valence-corrected chi connectivity index (χ3v) is 3.61. The van der Waals surface area contributed by atoms with E-state index in [9.17, 15) is 9.18 Å². The number of aromatic amines is 1. The van der Waals surface area contributed by atoms with E-state index in [0.29, 0.717) is 28.8 Å². The van der Waals surface area contributed by atoms with Gasteiger partial charge >= 0.3 is 0 Å². The second kappa shape index (κ2) is 6.07. The zero-order valence-corrected chi connectivity index (χ0v) is 12.1. The van der Waals surface area contributed by atoms with Crippen molar-refractivity contribution in [3.63, 3.8) is 0 Å². The first kappa shape index (κ1) is 14.4. The fourth-order valence-electron chi connectivity index (χ4n) is 2.40. The minimum Gasteiger partial charge on any atom is -0.309 e. The lowest BCUT2D eigenvalue weighted by molar-refractivity contribution is 0.520. The predicted molar refractivity (Wildman–Crippen MR) is 84.0 cm³/mol. The van der Waals surface area contributed by atoms with Crippen LogP contribution in [0.3, 0.4) is 0 Å². The maximum atomic E-state index is 13.7. The van der Waals surface area contributed by atoms with E-state index in [1.54, 1.807) is 36.4 Å². The third kappa shape index (κ3) is 2.89. The highest BCUT2D eigenvalue weighted by atomic mass is 19.1. The first-order chi connectivity index (χ1) is 10.6. The molecule has 0 fully saturated rings. The summed E-state index contributed by atoms with van der Waals surface area (Å²) >= 11 is 0. The van der Waals surface area contributed by atoms with Crippen molar-refractivity contribution in [2.75, 3.05) is 0 Å². The largest absolute Gasteiger partial charge is 0.309 e. The van der Waals surface area contributed by atoms with E-state index >= 15 is 0 Å². The van der Waals surface area contributed by atoms with Crippen LogP contribution in [0.15, 0.2) is 53.3 Å². The van der Waals surface area contributed by atoms with Gasteiger partial charge in [-0.25, -0.2) is 9.37 Å². The standard InChI is InChI=1S/C17H16FN3O/c1-11(12-6-2-4-8-14(12)18)19-10-16-20-15-9-5-3-7-13(15)17(22)21-16/h2-9,11,19H,10H2,1H3,(H,20,21,22). The van der Waals surface area contributed by atoms with Crippen LogP contribution < -0.4 is 10.9 Å². The average Bonchev–Trinajstić information content (AvgIpc) is 2.53. The van der Waals surface area contributed by atoms with Gasteiger partial charge in [0.05, 0.1) is 17.4 Å². The van der Waals surface area contributed by atoms with Crippen LogP contribution in [0, 0.1) is 5.82 Å². The van der Waals surface area contributed by atoms with Crippen LogP contribution in [-0.4, -0.2) is 9.97 Å². The van der Waals surface area contributed by atoms with Crippen molar-refractivity contribution >= 4 is 10.9 Å². The topological polar surface area (TPSA) is 57.8 Å². The number of H-pyrrole nitrogens is 1. The Morgan fingerprint density at radius 3 is 2.73 bits per heavy atom. The summed E-state index contributed by atoms with van der Waals surface area (Å²) < 4.78 is 13.7. The smallest absolute Gasteiger partial charge is 0.258 e. The van der Waals surface area contributed by atoms with E-state index < -0.39 is 0 Å². The minimum atomic E-state index is -0.248. The molecule has 0 aliphatic heterocycles. The number of nitrogens with zero attached hydrogens (tertiary/aromatic N) is 1. The second-order valence-corrected chi connectivity index (χ2v) is 5.15. The number of rotatable bonds is 4. The molecule has 2 aromatic carbocycles. The van der Waals surface area contributed by atoms with E-state index in [1.807, 2.05) is 13.0 Å². The molecular weight excluding hydrogens is 281 g/mol. The normalized spacial score (nSPS) is 12.5. The fourth-order valence-corrected chi connectivity index (χ4v) is 2.40. The summed E-state index contributed by atoms with van der Waals surface area (Å²) in [6.07, 6.45) is 0. The Bertz CT molecular complexity index is 860. The van der Waals surface area contributed by atoms with Gasteiger partial charge in [-0.1, -0.05) is 30.3 Å². The first-order valence-corrected chi connectivity index (χ1v) is 7.11. The number of fused-ring (bicyclic) bond motifs is 1. The highest BCUT2D eigenvalue weighted by Gasteiger charge is 2.10. The summed E-state index contributed by atoms with van der Waals surface area (Å²) in [7, 11) is 0. The Morgan fingerprint density at radius 1 is 1.18 bits per heavy atom. The lowest BCUT2D eigenvalue weighted by atomic mass is 10.1. The molecular formula is C17H16FN3O. The number of benzene rings is 2. The molecule has 0 saturated heterocycles. The third-order valence-electron chi connectivity index (χ3n) is 3.61. The van der Waals surface area contributed by atoms with Crippen molar-refractivity contribution in [1.82, 2.24) is 15.3 Å². The fraction of sp³-hybridized carbons (Fsp3) is 0.176. The Hall–Kier alpha value is -2.53. The number of hydrogen-bond donors (Lipinski definition) is 2. The number of nitrogens with one attached hydrogen (secondary N) is 2. The summed E-state index contributed by atoms with van der Waals surface area (Å²) in [5.74, 6) is 0.286. The Morgan fingerprint density at radius 2 is 1.91 bits per heavy atom. The van der Waals surface area contributed by atoms with Gasteiger partial charge in [-0.2, -0.15) is 0 Å². The molecule has 0 amide bonds. The highest BCUT2D eigenvalue weighted by molar-refractivity contribution is 5.77. The summed E-state index contributed by atoms with van der Waals surface area (Å²) in [5.41, 5.74) is 1.08. The van der Waals surface area contributed by atoms with Crippen molar-refractivity contribution in [2.45, 2.75) is 19.5 Å². The van der Waals surface area contributed by atoms with Gasteiger partial charge in [-0.15, -0.1) is 0 Å². The molecule has 0 saturated carbocycles. The van der Waals surface area contributed by atoms with E-state index in [1.165, 1.54) is 6.07 Å². The zero-order chi connectivity index (χ0) is 15.5. The molecule has 5 heteroatoms. The van der Waals surface area contributed by atoms with Gasteiger partial charge in [-0.3, -0.25) is 4.79 Å². The van der Waals surface area contributed by atoms with Crippen LogP contribution in [-0.2, 0) is 6.54 Å². The molecule has 4 nitrogen and oxygen atoms in total. The maximum Gasteiger partial charge on any atom is 0.258 e. The predicted octanol–water partition coefficient (Wildman–Crippen LogP) is 2.91. The molecule has 0 spiro atoms. The molecule has 1 unspecified atom stereocenters. The van der Waals surface area contributed by atoms with Crippen LogP contribution in [0.25, 0.3) is 10.9 Å². The van der Waals surface area contributed by atoms with E-state index in [0.717, 1.165) is 0 Å². The van der Waals surface area contributed by atoms with Crippen molar-refractivity contribution in [3.05, 3.63) is 76.1 Å². The molecule has 0 aliphatic carbocycles. The summed E-state index contributed by atoms with van der Waals surface area (Å²) in [4.78, 5) is 19.1. The van der Waals surface area contributed by atoms with Crippen molar-refractivity contribution in [2.24, 2.45) is 0 Å². The van der Waals surface area contributed by atoms with Gasteiger partial charge in [0, 0.05) is 11.6 Å². The Kier molecular flexibility index (Phi) is 3.98. The van der Waals surface area contributed by atoms with Gasteiger partial charge in [0.25, 0.3) is 5.56 Å². The zero-order valence-electron chi connectivity index (χ0n) is 12.1. The van der Waals surface area contributed by atoms with Crippen LogP contribution in [0.1, 0.15) is 24.4 Å². The number of aromatic nitrogens is 2. The van der Waals surface area contributed by atoms with Crippen molar-refractivity contribution in [3.8, 4) is 0 Å². The molecule has 0 aliphatic rings. The molecule has 0 bridgehead atoms. The SMILES string of the molecule is CC(NCc1nc2ccccc2c(=O)[nH]1)c1ccccc1F. The minimum absolute atomic E-state index is 0.166. The Labute approximate surface area is 127 Å². The number of halogens is 1. The van der Waals surface area contributed by atoms with Gasteiger partial charge in [0.2, 0.25) is 0 Å². The summed E-state index contributed by atoms with van der Waals surface area (Å²) in [5, 5.41) is 3.74. The average molecular weight is 297 g/mol. The quantitative estimate of drug-likeness (QED) is 0.778. The van der Waals surface area contributed by atoms with Gasteiger partial charge < -0.3 is 10.3 Å². The van der Waals surface area contributed by atoms with Crippen molar-refractivity contribution < 1.29 is 4.39 Å². The second-order valence-electron chi connectivity index (χ2n) is 5.15. The molecule has 1 atom stereocenters. The lowest BCUT2D eigenvalue weighted by Gasteiger charge is -2.14. The van der Waals surface area contributed by atoms with Crippen LogP contribution >= 0.6 is 0 Å². The van der Waals surface area contributed by atoms with E-state index in [4.69, 9.17) is 0 Å². The van der Waals surface area contributed by atoms with Crippen LogP contribution in [0.5, 0.6) is 0 Å². The number of hydrogen-bond acceptors (Lipinski definition) is 3. The molecule has 112 valence electrons. The molecule has 3 aromatic rings. The highest BCUT2D eigenvalue weighted by Crippen LogP contribution is 2.16. The van der Waals surface area contributed by atoms with Gasteiger partial charge in [-0.05, 0) is 25.1 Å². The van der Waals surface area contributed by atoms with Gasteiger partial charge in [0.15, 0.2) is 0 Å². The molecule has 22 heavy (non-hydrogen) atoms. The first-order valence-electron chi connectivity index (χ1n) is 7.11. The molecule has 1 heterocycles. The molecule has 2 N–H and O–H groups in total. The monoisotopic (exact) mass is 297 g/mol. The molecule has 1 aromatic heterocycles. The molecule has 0 radical (unpaired) electrons. The lowest BCUT2D eigenvalue weighted by Crippen LogP contribution is -2.22. The van der Waals surface area contributed by atoms with Crippen LogP contribution in [0.2, 0.25) is 0 Å². The van der Waals surface area contributed by atoms with Crippen LogP contribution in [0.4, 0.5) is 4.39 Å². The van der Waals surface area contributed by atoms with Crippen molar-refractivity contribution in [1.29, 1.82) is 0 Å². The van der Waals surface area contributed by atoms with Gasteiger partial charge in [0.1, 0.15) is 11.6 Å². The Balaban J connectivity index is 1.79. The summed E-state index contributed by atoms with van der Waals surface area (Å²) in [6, 6.07) is 13.6. The molecule has 3 rings (SSSR count). The number of para-hydroxylation sites is 1. The summed E-state index contributed by atoms with van der Waals surface area (Å²) in [6.45, 7) is 2.23. The van der Waals surface area contributed by atoms with E-state index in [-0.39, 0.29) is 17.4 Å². The maximum absolute atomic E-state index is 13.7.